The van der Waals surface area contributed by atoms with Crippen LogP contribution in [-0.2, 0) is 10.0 Å². The molecule has 0 bridgehead atoms. The van der Waals surface area contributed by atoms with E-state index < -0.39 is 10.0 Å². The van der Waals surface area contributed by atoms with Crippen molar-refractivity contribution in [1.29, 1.82) is 0 Å². The molecule has 0 aromatic heterocycles. The zero-order valence-electron chi connectivity index (χ0n) is 12.0. The van der Waals surface area contributed by atoms with E-state index in [-0.39, 0.29) is 0 Å². The minimum atomic E-state index is -3.43. The molecule has 0 spiro atoms. The SMILES string of the molecule is Cc1cc(N)c(C)c(S(=O)(=O)N2CC(C)C(C)C2)c1. The molecule has 0 aliphatic carbocycles. The Morgan fingerprint density at radius 2 is 1.68 bits per heavy atom. The molecule has 1 aliphatic heterocycles. The first-order valence-electron chi connectivity index (χ1n) is 6.60. The number of rotatable bonds is 2. The molecule has 1 aliphatic rings. The summed E-state index contributed by atoms with van der Waals surface area (Å²) in [6, 6.07) is 3.53. The van der Waals surface area contributed by atoms with E-state index in [0.717, 1.165) is 5.56 Å². The van der Waals surface area contributed by atoms with E-state index in [1.165, 1.54) is 0 Å². The van der Waals surface area contributed by atoms with Crippen molar-refractivity contribution in [3.63, 3.8) is 0 Å². The molecule has 0 saturated carbocycles. The summed E-state index contributed by atoms with van der Waals surface area (Å²) in [5.74, 6) is 0.800. The molecule has 2 rings (SSSR count). The zero-order chi connectivity index (χ0) is 14.4. The fraction of sp³-hybridized carbons (Fsp3) is 0.571. The molecule has 2 unspecified atom stereocenters. The highest BCUT2D eigenvalue weighted by atomic mass is 32.2. The first-order chi connectivity index (χ1) is 8.73. The molecule has 1 saturated heterocycles. The van der Waals surface area contributed by atoms with E-state index in [9.17, 15) is 8.42 Å². The van der Waals surface area contributed by atoms with Crippen molar-refractivity contribution in [2.45, 2.75) is 32.6 Å². The van der Waals surface area contributed by atoms with Gasteiger partial charge in [-0.3, -0.25) is 0 Å². The molecule has 2 atom stereocenters. The third-order valence-corrected chi connectivity index (χ3v) is 6.07. The van der Waals surface area contributed by atoms with Gasteiger partial charge >= 0.3 is 0 Å². The number of nitrogens with two attached hydrogens (primary N) is 1. The van der Waals surface area contributed by atoms with Crippen molar-refractivity contribution in [3.05, 3.63) is 23.3 Å². The highest BCUT2D eigenvalue weighted by molar-refractivity contribution is 7.89. The first-order valence-corrected chi connectivity index (χ1v) is 8.04. The molecule has 5 heteroatoms. The molecule has 1 aromatic rings. The smallest absolute Gasteiger partial charge is 0.243 e. The Balaban J connectivity index is 2.46. The lowest BCUT2D eigenvalue weighted by Crippen LogP contribution is -2.29. The van der Waals surface area contributed by atoms with Gasteiger partial charge in [0.2, 0.25) is 10.0 Å². The standard InChI is InChI=1S/C14H22N2O2S/c1-9-5-13(15)12(4)14(6-9)19(17,18)16-7-10(2)11(3)8-16/h5-6,10-11H,7-8,15H2,1-4H3. The maximum absolute atomic E-state index is 12.7. The second-order valence-electron chi connectivity index (χ2n) is 5.75. The van der Waals surface area contributed by atoms with Crippen molar-refractivity contribution < 1.29 is 8.42 Å². The third-order valence-electron chi connectivity index (χ3n) is 4.12. The van der Waals surface area contributed by atoms with Crippen LogP contribution < -0.4 is 5.73 Å². The third kappa shape index (κ3) is 2.49. The highest BCUT2D eigenvalue weighted by Crippen LogP contribution is 2.31. The van der Waals surface area contributed by atoms with E-state index >= 15 is 0 Å². The summed E-state index contributed by atoms with van der Waals surface area (Å²) in [5.41, 5.74) is 7.96. The van der Waals surface area contributed by atoms with Crippen LogP contribution in [0.4, 0.5) is 5.69 Å². The maximum Gasteiger partial charge on any atom is 0.243 e. The number of nitrogens with zero attached hydrogens (tertiary/aromatic N) is 1. The first kappa shape index (κ1) is 14.3. The lowest BCUT2D eigenvalue weighted by atomic mass is 10.0. The van der Waals surface area contributed by atoms with Gasteiger partial charge in [-0.25, -0.2) is 8.42 Å². The Morgan fingerprint density at radius 3 is 2.21 bits per heavy atom. The van der Waals surface area contributed by atoms with Crippen LogP contribution in [0.25, 0.3) is 0 Å². The Kier molecular flexibility index (Phi) is 3.62. The maximum atomic E-state index is 12.7. The van der Waals surface area contributed by atoms with Gasteiger partial charge in [-0.15, -0.1) is 0 Å². The number of benzene rings is 1. The van der Waals surface area contributed by atoms with Crippen LogP contribution in [0.5, 0.6) is 0 Å². The van der Waals surface area contributed by atoms with Gasteiger partial charge in [-0.2, -0.15) is 4.31 Å². The minimum Gasteiger partial charge on any atom is -0.398 e. The van der Waals surface area contributed by atoms with Crippen molar-refractivity contribution in [1.82, 2.24) is 4.31 Å². The number of nitrogen functional groups attached to an aromatic ring is 1. The molecule has 19 heavy (non-hydrogen) atoms. The highest BCUT2D eigenvalue weighted by Gasteiger charge is 2.35. The lowest BCUT2D eigenvalue weighted by Gasteiger charge is -2.19. The zero-order valence-corrected chi connectivity index (χ0v) is 12.8. The van der Waals surface area contributed by atoms with Gasteiger partial charge in [0.25, 0.3) is 0 Å². The van der Waals surface area contributed by atoms with Gasteiger partial charge < -0.3 is 5.73 Å². The van der Waals surface area contributed by atoms with Crippen molar-refractivity contribution >= 4 is 15.7 Å². The molecule has 1 aromatic carbocycles. The summed E-state index contributed by atoms with van der Waals surface area (Å²) >= 11 is 0. The lowest BCUT2D eigenvalue weighted by molar-refractivity contribution is 0.463. The fourth-order valence-electron chi connectivity index (χ4n) is 2.53. The van der Waals surface area contributed by atoms with E-state index in [2.05, 4.69) is 13.8 Å². The molecule has 1 fully saturated rings. The van der Waals surface area contributed by atoms with Gasteiger partial charge in [0.15, 0.2) is 0 Å². The molecular weight excluding hydrogens is 260 g/mol. The Hall–Kier alpha value is -1.07. The summed E-state index contributed by atoms with van der Waals surface area (Å²) < 4.78 is 27.0. The molecule has 0 radical (unpaired) electrons. The molecular formula is C14H22N2O2S. The summed E-state index contributed by atoms with van der Waals surface area (Å²) in [5, 5.41) is 0. The molecule has 0 amide bonds. The average molecular weight is 282 g/mol. The summed E-state index contributed by atoms with van der Waals surface area (Å²) in [4.78, 5) is 0.353. The number of anilines is 1. The Morgan fingerprint density at radius 1 is 1.16 bits per heavy atom. The van der Waals surface area contributed by atoms with Crippen LogP contribution in [0.1, 0.15) is 25.0 Å². The molecule has 1 heterocycles. The number of hydrogen-bond donors (Lipinski definition) is 1. The molecule has 4 nitrogen and oxygen atoms in total. The van der Waals surface area contributed by atoms with Crippen LogP contribution in [-0.4, -0.2) is 25.8 Å². The summed E-state index contributed by atoms with van der Waals surface area (Å²) in [6.45, 7) is 9.01. The van der Waals surface area contributed by atoms with Gasteiger partial charge in [0.1, 0.15) is 0 Å². The predicted molar refractivity (Wildman–Crippen MR) is 77.4 cm³/mol. The predicted octanol–water partition coefficient (Wildman–Crippen LogP) is 2.16. The minimum absolute atomic E-state index is 0.353. The van der Waals surface area contributed by atoms with Crippen molar-refractivity contribution in [2.75, 3.05) is 18.8 Å². The molecule has 106 valence electrons. The fourth-order valence-corrected chi connectivity index (χ4v) is 4.51. The van der Waals surface area contributed by atoms with Crippen LogP contribution in [0, 0.1) is 25.7 Å². The monoisotopic (exact) mass is 282 g/mol. The summed E-state index contributed by atoms with van der Waals surface area (Å²) in [7, 11) is -3.43. The second-order valence-corrected chi connectivity index (χ2v) is 7.66. The van der Waals surface area contributed by atoms with Gasteiger partial charge in [-0.05, 0) is 48.9 Å². The van der Waals surface area contributed by atoms with E-state index in [1.807, 2.05) is 13.0 Å². The van der Waals surface area contributed by atoms with Crippen LogP contribution >= 0.6 is 0 Å². The van der Waals surface area contributed by atoms with E-state index in [0.29, 0.717) is 41.1 Å². The van der Waals surface area contributed by atoms with Gasteiger partial charge in [-0.1, -0.05) is 13.8 Å². The van der Waals surface area contributed by atoms with E-state index in [1.54, 1.807) is 17.3 Å². The normalized spacial score (nSPS) is 24.8. The number of aryl methyl sites for hydroxylation is 1. The second kappa shape index (κ2) is 4.80. The van der Waals surface area contributed by atoms with E-state index in [4.69, 9.17) is 5.73 Å². The van der Waals surface area contributed by atoms with Crippen LogP contribution in [0.2, 0.25) is 0 Å². The average Bonchev–Trinajstić information content (AvgIpc) is 2.65. The quantitative estimate of drug-likeness (QED) is 0.845. The van der Waals surface area contributed by atoms with Gasteiger partial charge in [0, 0.05) is 18.8 Å². The van der Waals surface area contributed by atoms with Crippen molar-refractivity contribution in [2.24, 2.45) is 11.8 Å². The van der Waals surface area contributed by atoms with Crippen molar-refractivity contribution in [3.8, 4) is 0 Å². The number of hydrogen-bond acceptors (Lipinski definition) is 3. The Bertz CT molecular complexity index is 586. The topological polar surface area (TPSA) is 63.4 Å². The largest absolute Gasteiger partial charge is 0.398 e. The Labute approximate surface area is 115 Å². The van der Waals surface area contributed by atoms with Gasteiger partial charge in [0.05, 0.1) is 4.90 Å². The van der Waals surface area contributed by atoms with Crippen LogP contribution in [0.15, 0.2) is 17.0 Å². The number of sulfonamides is 1. The van der Waals surface area contributed by atoms with Crippen LogP contribution in [0.3, 0.4) is 0 Å². The summed E-state index contributed by atoms with van der Waals surface area (Å²) in [6.07, 6.45) is 0. The molecule has 2 N–H and O–H groups in total.